The predicted molar refractivity (Wildman–Crippen MR) is 146 cm³/mol. The largest absolute Gasteiger partial charge is 0.354 e. The molecule has 178 valence electrons. The highest BCUT2D eigenvalue weighted by Crippen LogP contribution is 2.19. The van der Waals surface area contributed by atoms with Gasteiger partial charge in [0.25, 0.3) is 0 Å². The summed E-state index contributed by atoms with van der Waals surface area (Å²) in [6.07, 6.45) is 0. The zero-order chi connectivity index (χ0) is 22.8. The summed E-state index contributed by atoms with van der Waals surface area (Å²) in [6.45, 7) is 10.3. The molecular formula is C25H36IN7. The molecule has 1 atom stereocenters. The smallest absolute Gasteiger partial charge is 0.192 e. The van der Waals surface area contributed by atoms with Crippen molar-refractivity contribution < 1.29 is 0 Å². The van der Waals surface area contributed by atoms with E-state index in [0.29, 0.717) is 13.1 Å². The van der Waals surface area contributed by atoms with Gasteiger partial charge in [0.15, 0.2) is 11.8 Å². The van der Waals surface area contributed by atoms with E-state index in [1.54, 1.807) is 0 Å². The maximum absolute atomic E-state index is 4.84. The first-order valence-electron chi connectivity index (χ1n) is 11.3. The first-order valence-corrected chi connectivity index (χ1v) is 11.3. The lowest BCUT2D eigenvalue weighted by Crippen LogP contribution is -2.43. The summed E-state index contributed by atoms with van der Waals surface area (Å²) >= 11 is 0. The van der Waals surface area contributed by atoms with E-state index in [0.717, 1.165) is 37.2 Å². The molecular weight excluding hydrogens is 525 g/mol. The van der Waals surface area contributed by atoms with Crippen LogP contribution in [0.5, 0.6) is 0 Å². The van der Waals surface area contributed by atoms with Crippen LogP contribution in [0.15, 0.2) is 65.7 Å². The summed E-state index contributed by atoms with van der Waals surface area (Å²) in [7, 11) is 1.98. The lowest BCUT2D eigenvalue weighted by Gasteiger charge is -2.31. The maximum Gasteiger partial charge on any atom is 0.192 e. The van der Waals surface area contributed by atoms with Gasteiger partial charge in [-0.2, -0.15) is 0 Å². The molecule has 3 aromatic rings. The molecule has 2 N–H and O–H groups in total. The molecule has 33 heavy (non-hydrogen) atoms. The molecule has 7 nitrogen and oxygen atoms in total. The molecule has 0 aliphatic rings. The highest BCUT2D eigenvalue weighted by atomic mass is 127. The van der Waals surface area contributed by atoms with Crippen molar-refractivity contribution in [1.29, 1.82) is 0 Å². The van der Waals surface area contributed by atoms with Crippen LogP contribution >= 0.6 is 24.0 Å². The number of aryl methyl sites for hydroxylation is 1. The standard InChI is InChI=1S/C25H35N7.HI/c1-5-32(6-2)23(22-15-11-8-12-16-22)18-27-25(26-17-21-13-9-7-10-14-21)28-19-24-30-29-20(3)31(24)4;/h7-16,23H,5-6,17-19H2,1-4H3,(H2,26,27,28);1H. The van der Waals surface area contributed by atoms with Crippen molar-refractivity contribution >= 4 is 29.9 Å². The Morgan fingerprint density at radius 2 is 1.61 bits per heavy atom. The number of nitrogens with one attached hydrogen (secondary N) is 2. The van der Waals surface area contributed by atoms with Crippen molar-refractivity contribution in [3.8, 4) is 0 Å². The SMILES string of the molecule is CCN(CC)C(CNC(=NCc1ccccc1)NCc1nnc(C)n1C)c1ccccc1.I. The highest BCUT2D eigenvalue weighted by molar-refractivity contribution is 14.0. The molecule has 1 unspecified atom stereocenters. The number of rotatable bonds is 10. The van der Waals surface area contributed by atoms with Gasteiger partial charge in [0.1, 0.15) is 5.82 Å². The van der Waals surface area contributed by atoms with Gasteiger partial charge in [-0.05, 0) is 31.1 Å². The average Bonchev–Trinajstić information content (AvgIpc) is 3.16. The Hall–Kier alpha value is -2.46. The van der Waals surface area contributed by atoms with Crippen LogP contribution in [-0.2, 0) is 20.1 Å². The summed E-state index contributed by atoms with van der Waals surface area (Å²) in [6, 6.07) is 21.2. The van der Waals surface area contributed by atoms with Crippen molar-refractivity contribution in [3.63, 3.8) is 0 Å². The van der Waals surface area contributed by atoms with Gasteiger partial charge in [-0.1, -0.05) is 74.5 Å². The zero-order valence-electron chi connectivity index (χ0n) is 20.0. The summed E-state index contributed by atoms with van der Waals surface area (Å²) in [5, 5.41) is 15.4. The van der Waals surface area contributed by atoms with Crippen molar-refractivity contribution in [2.75, 3.05) is 19.6 Å². The van der Waals surface area contributed by atoms with E-state index in [2.05, 4.69) is 82.0 Å². The van der Waals surface area contributed by atoms with Crippen LogP contribution in [0, 0.1) is 6.92 Å². The van der Waals surface area contributed by atoms with E-state index in [4.69, 9.17) is 4.99 Å². The Labute approximate surface area is 214 Å². The van der Waals surface area contributed by atoms with E-state index in [9.17, 15) is 0 Å². The Morgan fingerprint density at radius 1 is 0.970 bits per heavy atom. The molecule has 0 fully saturated rings. The van der Waals surface area contributed by atoms with Crippen LogP contribution < -0.4 is 10.6 Å². The van der Waals surface area contributed by atoms with Gasteiger partial charge >= 0.3 is 0 Å². The second-order valence-electron chi connectivity index (χ2n) is 7.76. The van der Waals surface area contributed by atoms with Crippen LogP contribution in [0.4, 0.5) is 0 Å². The predicted octanol–water partition coefficient (Wildman–Crippen LogP) is 4.06. The molecule has 3 rings (SSSR count). The summed E-state index contributed by atoms with van der Waals surface area (Å²) in [5.41, 5.74) is 2.47. The fourth-order valence-corrected chi connectivity index (χ4v) is 3.69. The summed E-state index contributed by atoms with van der Waals surface area (Å²) in [5.74, 6) is 2.53. The molecule has 0 spiro atoms. The third kappa shape index (κ3) is 7.82. The van der Waals surface area contributed by atoms with Crippen LogP contribution in [0.2, 0.25) is 0 Å². The number of halogens is 1. The molecule has 0 amide bonds. The number of likely N-dealkylation sites (N-methyl/N-ethyl adjacent to an activating group) is 1. The number of guanidine groups is 1. The minimum absolute atomic E-state index is 0. The van der Waals surface area contributed by atoms with E-state index < -0.39 is 0 Å². The second-order valence-corrected chi connectivity index (χ2v) is 7.76. The van der Waals surface area contributed by atoms with E-state index >= 15 is 0 Å². The van der Waals surface area contributed by atoms with Gasteiger partial charge in [0.05, 0.1) is 19.1 Å². The molecule has 0 bridgehead atoms. The van der Waals surface area contributed by atoms with E-state index in [1.165, 1.54) is 11.1 Å². The Morgan fingerprint density at radius 3 is 2.18 bits per heavy atom. The normalized spacial score (nSPS) is 12.3. The fourth-order valence-electron chi connectivity index (χ4n) is 3.69. The van der Waals surface area contributed by atoms with Crippen molar-refractivity contribution in [2.45, 2.75) is 39.9 Å². The molecule has 0 aliphatic heterocycles. The van der Waals surface area contributed by atoms with E-state index in [-0.39, 0.29) is 30.0 Å². The number of aliphatic imine (C=N–C) groups is 1. The maximum atomic E-state index is 4.84. The van der Waals surface area contributed by atoms with Gasteiger partial charge in [0, 0.05) is 13.6 Å². The quantitative estimate of drug-likeness (QED) is 0.222. The summed E-state index contributed by atoms with van der Waals surface area (Å²) in [4.78, 5) is 7.30. The Bertz CT molecular complexity index is 969. The van der Waals surface area contributed by atoms with Gasteiger partial charge in [0.2, 0.25) is 0 Å². The number of aromatic nitrogens is 3. The first kappa shape index (κ1) is 26.8. The number of benzene rings is 2. The van der Waals surface area contributed by atoms with Gasteiger partial charge in [-0.3, -0.25) is 4.90 Å². The lowest BCUT2D eigenvalue weighted by atomic mass is 10.1. The Kier molecular flexibility index (Phi) is 11.3. The molecule has 8 heteroatoms. The number of hydrogen-bond acceptors (Lipinski definition) is 4. The molecule has 1 heterocycles. The molecule has 1 aromatic heterocycles. The van der Waals surface area contributed by atoms with Crippen molar-refractivity contribution in [3.05, 3.63) is 83.4 Å². The van der Waals surface area contributed by atoms with Gasteiger partial charge < -0.3 is 15.2 Å². The monoisotopic (exact) mass is 561 g/mol. The molecule has 0 saturated carbocycles. The van der Waals surface area contributed by atoms with Crippen molar-refractivity contribution in [2.24, 2.45) is 12.0 Å². The van der Waals surface area contributed by atoms with E-state index in [1.807, 2.05) is 36.7 Å². The van der Waals surface area contributed by atoms with Crippen molar-refractivity contribution in [1.82, 2.24) is 30.3 Å². The van der Waals surface area contributed by atoms with Gasteiger partial charge in [-0.25, -0.2) is 4.99 Å². The zero-order valence-corrected chi connectivity index (χ0v) is 22.4. The molecule has 0 radical (unpaired) electrons. The molecule has 2 aromatic carbocycles. The first-order chi connectivity index (χ1) is 15.6. The topological polar surface area (TPSA) is 70.4 Å². The van der Waals surface area contributed by atoms with Gasteiger partial charge in [-0.15, -0.1) is 34.2 Å². The van der Waals surface area contributed by atoms with Crippen LogP contribution in [0.3, 0.4) is 0 Å². The third-order valence-corrected chi connectivity index (χ3v) is 5.76. The number of nitrogens with zero attached hydrogens (tertiary/aromatic N) is 5. The minimum Gasteiger partial charge on any atom is -0.354 e. The lowest BCUT2D eigenvalue weighted by molar-refractivity contribution is 0.219. The highest BCUT2D eigenvalue weighted by Gasteiger charge is 2.18. The van der Waals surface area contributed by atoms with Crippen LogP contribution in [0.1, 0.15) is 42.7 Å². The molecule has 0 saturated heterocycles. The fraction of sp³-hybridized carbons (Fsp3) is 0.400. The van der Waals surface area contributed by atoms with Crippen LogP contribution in [-0.4, -0.2) is 45.3 Å². The number of hydrogen-bond donors (Lipinski definition) is 2. The van der Waals surface area contributed by atoms with Crippen LogP contribution in [0.25, 0.3) is 0 Å². The molecule has 0 aliphatic carbocycles. The summed E-state index contributed by atoms with van der Waals surface area (Å²) < 4.78 is 1.99. The average molecular weight is 562 g/mol. The minimum atomic E-state index is 0. The second kappa shape index (κ2) is 13.9. The Balaban J connectivity index is 0.00000385. The third-order valence-electron chi connectivity index (χ3n) is 5.76.